The third-order valence-corrected chi connectivity index (χ3v) is 5.38. The Hall–Kier alpha value is -1.56. The van der Waals surface area contributed by atoms with Gasteiger partial charge in [-0.3, -0.25) is 9.69 Å². The average molecular weight is 403 g/mol. The summed E-state index contributed by atoms with van der Waals surface area (Å²) >= 11 is 1.73. The highest BCUT2D eigenvalue weighted by atomic mass is 79.9. The second kappa shape index (κ2) is 7.13. The molecule has 2 aromatic rings. The topological polar surface area (TPSA) is 23.6 Å². The Morgan fingerprint density at radius 3 is 2.17 bits per heavy atom. The van der Waals surface area contributed by atoms with Crippen LogP contribution in [0.25, 0.3) is 0 Å². The number of carbonyl (C=O) groups excluding carboxylic acids is 1. The van der Waals surface area contributed by atoms with Gasteiger partial charge in [0.2, 0.25) is 0 Å². The molecule has 0 radical (unpaired) electrons. The van der Waals surface area contributed by atoms with Gasteiger partial charge < -0.3 is 4.90 Å². The number of halogens is 1. The number of para-hydroxylation sites is 2. The third-order valence-electron chi connectivity index (χ3n) is 4.25. The highest BCUT2D eigenvalue weighted by molar-refractivity contribution is 8.93. The van der Waals surface area contributed by atoms with Crippen molar-refractivity contribution < 1.29 is 4.79 Å². The maximum atomic E-state index is 13.2. The van der Waals surface area contributed by atoms with Crippen LogP contribution in [-0.2, 0) is 4.79 Å². The molecule has 0 atom stereocenters. The Bertz CT molecular complexity index is 760. The summed E-state index contributed by atoms with van der Waals surface area (Å²) in [5.74, 6) is 0.0942. The van der Waals surface area contributed by atoms with Crippen molar-refractivity contribution in [3.05, 3.63) is 60.2 Å². The first-order valence-electron chi connectivity index (χ1n) is 7.82. The molecule has 2 aliphatic rings. The molecule has 0 saturated heterocycles. The summed E-state index contributed by atoms with van der Waals surface area (Å²) in [6.45, 7) is 1.73. The molecule has 0 spiro atoms. The van der Waals surface area contributed by atoms with Crippen LogP contribution in [0.4, 0.5) is 11.4 Å². The summed E-state index contributed by atoms with van der Waals surface area (Å²) in [6.07, 6.45) is 3.03. The molecule has 124 valence electrons. The molecule has 24 heavy (non-hydrogen) atoms. The van der Waals surface area contributed by atoms with E-state index in [1.807, 2.05) is 41.3 Å². The number of benzene rings is 2. The van der Waals surface area contributed by atoms with Crippen LogP contribution in [0.2, 0.25) is 0 Å². The van der Waals surface area contributed by atoms with Gasteiger partial charge in [-0.1, -0.05) is 42.1 Å². The first kappa shape index (κ1) is 17.3. The van der Waals surface area contributed by atoms with Crippen molar-refractivity contribution in [1.82, 2.24) is 4.90 Å². The highest BCUT2D eigenvalue weighted by Gasteiger charge is 2.30. The van der Waals surface area contributed by atoms with E-state index in [-0.39, 0.29) is 22.9 Å². The SMILES string of the molecule is Br.CN1CCC=C(C(=O)N2c3ccccc3Sc3ccccc32)C1. The lowest BCUT2D eigenvalue weighted by atomic mass is 10.1. The van der Waals surface area contributed by atoms with Gasteiger partial charge >= 0.3 is 0 Å². The Kier molecular flexibility index (Phi) is 5.13. The maximum absolute atomic E-state index is 13.2. The van der Waals surface area contributed by atoms with Crippen molar-refractivity contribution >= 4 is 46.0 Å². The molecule has 2 aliphatic heterocycles. The number of carbonyl (C=O) groups is 1. The van der Waals surface area contributed by atoms with E-state index in [0.29, 0.717) is 6.54 Å². The lowest BCUT2D eigenvalue weighted by Gasteiger charge is -2.33. The molecule has 0 aliphatic carbocycles. The monoisotopic (exact) mass is 402 g/mol. The van der Waals surface area contributed by atoms with Crippen LogP contribution in [0.3, 0.4) is 0 Å². The minimum absolute atomic E-state index is 0. The van der Waals surface area contributed by atoms with Crippen molar-refractivity contribution in [1.29, 1.82) is 0 Å². The summed E-state index contributed by atoms with van der Waals surface area (Å²) < 4.78 is 0. The van der Waals surface area contributed by atoms with Gasteiger partial charge in [0.25, 0.3) is 5.91 Å². The van der Waals surface area contributed by atoms with Crippen LogP contribution in [0.1, 0.15) is 6.42 Å². The van der Waals surface area contributed by atoms with E-state index in [2.05, 4.69) is 30.2 Å². The summed E-state index contributed by atoms with van der Waals surface area (Å²) in [4.78, 5) is 19.6. The van der Waals surface area contributed by atoms with Gasteiger partial charge in [0.15, 0.2) is 0 Å². The number of fused-ring (bicyclic) bond motifs is 2. The molecule has 2 heterocycles. The van der Waals surface area contributed by atoms with Crippen molar-refractivity contribution in [3.8, 4) is 0 Å². The number of nitrogens with zero attached hydrogens (tertiary/aromatic N) is 2. The van der Waals surface area contributed by atoms with Gasteiger partial charge in [0.05, 0.1) is 11.4 Å². The molecule has 0 N–H and O–H groups in total. The molecule has 5 heteroatoms. The fourth-order valence-corrected chi connectivity index (χ4v) is 4.17. The Balaban J connectivity index is 0.00000169. The summed E-state index contributed by atoms with van der Waals surface area (Å²) in [5, 5.41) is 0. The lowest BCUT2D eigenvalue weighted by molar-refractivity contribution is -0.114. The standard InChI is InChI=1S/C19H18N2OS.BrH/c1-20-12-6-7-14(13-20)19(22)21-15-8-2-4-10-17(15)23-18-11-5-3-9-16(18)21;/h2-5,7-11H,6,12-13H2,1H3;1H. The third kappa shape index (κ3) is 3.04. The van der Waals surface area contributed by atoms with E-state index in [1.165, 1.54) is 0 Å². The molecular formula is C19H19BrN2OS. The minimum atomic E-state index is 0. The molecule has 3 nitrogen and oxygen atoms in total. The largest absolute Gasteiger partial charge is 0.302 e. The van der Waals surface area contributed by atoms with Gasteiger partial charge in [-0.15, -0.1) is 17.0 Å². The predicted octanol–water partition coefficient (Wildman–Crippen LogP) is 4.66. The zero-order chi connectivity index (χ0) is 15.8. The lowest BCUT2D eigenvalue weighted by Crippen LogP contribution is -2.36. The van der Waals surface area contributed by atoms with Crippen LogP contribution in [0, 0.1) is 0 Å². The number of likely N-dealkylation sites (N-methyl/N-ethyl adjacent to an activating group) is 1. The molecule has 0 aromatic heterocycles. The van der Waals surface area contributed by atoms with Crippen LogP contribution in [0.5, 0.6) is 0 Å². The second-order valence-corrected chi connectivity index (χ2v) is 7.02. The van der Waals surface area contributed by atoms with Gasteiger partial charge in [-0.05, 0) is 37.7 Å². The van der Waals surface area contributed by atoms with E-state index in [9.17, 15) is 4.79 Å². The van der Waals surface area contributed by atoms with E-state index in [0.717, 1.165) is 39.7 Å². The summed E-state index contributed by atoms with van der Waals surface area (Å²) in [6, 6.07) is 16.3. The number of hydrogen-bond donors (Lipinski definition) is 0. The highest BCUT2D eigenvalue weighted by Crippen LogP contribution is 2.48. The second-order valence-electron chi connectivity index (χ2n) is 5.93. The molecule has 0 unspecified atom stereocenters. The average Bonchev–Trinajstić information content (AvgIpc) is 2.59. The van der Waals surface area contributed by atoms with Gasteiger partial charge in [0, 0.05) is 28.5 Å². The molecule has 2 aromatic carbocycles. The Labute approximate surface area is 157 Å². The zero-order valence-electron chi connectivity index (χ0n) is 13.4. The summed E-state index contributed by atoms with van der Waals surface area (Å²) in [7, 11) is 2.06. The molecule has 0 bridgehead atoms. The molecular weight excluding hydrogens is 384 g/mol. The zero-order valence-corrected chi connectivity index (χ0v) is 16.0. The summed E-state index contributed by atoms with van der Waals surface area (Å²) in [5.41, 5.74) is 2.85. The fraction of sp³-hybridized carbons (Fsp3) is 0.211. The normalized spacial score (nSPS) is 16.5. The van der Waals surface area contributed by atoms with Gasteiger partial charge in [-0.25, -0.2) is 0 Å². The number of rotatable bonds is 1. The van der Waals surface area contributed by atoms with Crippen molar-refractivity contribution in [2.75, 3.05) is 25.0 Å². The van der Waals surface area contributed by atoms with Crippen LogP contribution >= 0.6 is 28.7 Å². The fourth-order valence-electron chi connectivity index (χ4n) is 3.12. The first-order valence-corrected chi connectivity index (χ1v) is 8.63. The van der Waals surface area contributed by atoms with Gasteiger partial charge in [0.1, 0.15) is 0 Å². The molecule has 1 amide bonds. The Morgan fingerprint density at radius 2 is 1.58 bits per heavy atom. The molecule has 4 rings (SSSR count). The number of hydrogen-bond acceptors (Lipinski definition) is 3. The van der Waals surface area contributed by atoms with Gasteiger partial charge in [-0.2, -0.15) is 0 Å². The number of anilines is 2. The van der Waals surface area contributed by atoms with Crippen LogP contribution in [-0.4, -0.2) is 30.9 Å². The predicted molar refractivity (Wildman–Crippen MR) is 105 cm³/mol. The van der Waals surface area contributed by atoms with Crippen molar-refractivity contribution in [2.24, 2.45) is 0 Å². The van der Waals surface area contributed by atoms with E-state index >= 15 is 0 Å². The Morgan fingerprint density at radius 1 is 1.00 bits per heavy atom. The first-order chi connectivity index (χ1) is 11.2. The quantitative estimate of drug-likeness (QED) is 0.692. The van der Waals surface area contributed by atoms with E-state index < -0.39 is 0 Å². The maximum Gasteiger partial charge on any atom is 0.259 e. The van der Waals surface area contributed by atoms with Crippen molar-refractivity contribution in [2.45, 2.75) is 16.2 Å². The number of amides is 1. The van der Waals surface area contributed by atoms with E-state index in [1.54, 1.807) is 11.8 Å². The van der Waals surface area contributed by atoms with Crippen LogP contribution in [0.15, 0.2) is 70.0 Å². The van der Waals surface area contributed by atoms with E-state index in [4.69, 9.17) is 0 Å². The molecule has 0 saturated carbocycles. The molecule has 0 fully saturated rings. The smallest absolute Gasteiger partial charge is 0.259 e. The minimum Gasteiger partial charge on any atom is -0.302 e. The van der Waals surface area contributed by atoms with Crippen LogP contribution < -0.4 is 4.90 Å². The van der Waals surface area contributed by atoms with Crippen molar-refractivity contribution in [3.63, 3.8) is 0 Å².